The molecule has 13 rings (SSSR count). The van der Waals surface area contributed by atoms with Crippen LogP contribution in [0, 0.1) is 0 Å². The first-order chi connectivity index (χ1) is 31.8. The molecular weight excluding hydrogens is 769 g/mol. The lowest BCUT2D eigenvalue weighted by Gasteiger charge is -2.20. The van der Waals surface area contributed by atoms with Crippen LogP contribution in [0.5, 0.6) is 0 Å². The summed E-state index contributed by atoms with van der Waals surface area (Å²) in [5.74, 6) is 0. The minimum Gasteiger partial charge on any atom is -0.0616 e. The van der Waals surface area contributed by atoms with Crippen molar-refractivity contribution in [3.8, 4) is 55.6 Å². The van der Waals surface area contributed by atoms with Crippen LogP contribution < -0.4 is 0 Å². The Morgan fingerprint density at radius 2 is 0.438 bits per heavy atom. The number of hydrogen-bond acceptors (Lipinski definition) is 0. The Morgan fingerprint density at radius 1 is 0.156 bits per heavy atom. The fourth-order valence-electron chi connectivity index (χ4n) is 10.8. The number of hydrogen-bond donors (Lipinski definition) is 0. The summed E-state index contributed by atoms with van der Waals surface area (Å²) in [5, 5.41) is 17.6. The monoisotopic (exact) mass is 808 g/mol. The molecule has 0 spiro atoms. The standard InChI is InChI=1S/C64H40/c1-3-21-47-42(16-1)18-13-31-49(47)62-53-25-7-5-23-51(53)61(52-24-6-8-26-54(52)62)45-37-34-41(35-38-45)46-39-36-44-20-15-33-59(60(44)40-46)64-57-29-11-9-27-55(57)63(56-28-10-12-30-58(56)64)50-32-14-19-43-17-2-4-22-48(43)50/h1-40H. The van der Waals surface area contributed by atoms with Gasteiger partial charge in [-0.05, 0) is 137 Å². The average molecular weight is 809 g/mol. The van der Waals surface area contributed by atoms with Gasteiger partial charge in [0, 0.05) is 0 Å². The van der Waals surface area contributed by atoms with Crippen LogP contribution in [0.2, 0.25) is 0 Å². The molecule has 0 saturated carbocycles. The molecule has 0 radical (unpaired) electrons. The molecule has 0 N–H and O–H groups in total. The van der Waals surface area contributed by atoms with Gasteiger partial charge in [0.2, 0.25) is 0 Å². The Kier molecular flexibility index (Phi) is 8.32. The van der Waals surface area contributed by atoms with Crippen molar-refractivity contribution in [2.24, 2.45) is 0 Å². The first-order valence-electron chi connectivity index (χ1n) is 22.3. The van der Waals surface area contributed by atoms with Gasteiger partial charge in [-0.25, -0.2) is 0 Å². The highest BCUT2D eigenvalue weighted by molar-refractivity contribution is 6.26. The molecule has 0 saturated heterocycles. The number of rotatable bonds is 5. The molecule has 0 unspecified atom stereocenters. The van der Waals surface area contributed by atoms with Crippen molar-refractivity contribution in [3.63, 3.8) is 0 Å². The summed E-state index contributed by atoms with van der Waals surface area (Å²) in [4.78, 5) is 0. The molecule has 0 nitrogen and oxygen atoms in total. The van der Waals surface area contributed by atoms with Crippen molar-refractivity contribution >= 4 is 75.4 Å². The van der Waals surface area contributed by atoms with E-state index >= 15 is 0 Å². The van der Waals surface area contributed by atoms with Crippen molar-refractivity contribution in [2.75, 3.05) is 0 Å². The fourth-order valence-corrected chi connectivity index (χ4v) is 10.8. The molecule has 0 aliphatic heterocycles. The van der Waals surface area contributed by atoms with E-state index in [4.69, 9.17) is 0 Å². The first kappa shape index (κ1) is 36.3. The number of fused-ring (bicyclic) bond motifs is 7. The average Bonchev–Trinajstić information content (AvgIpc) is 3.37. The van der Waals surface area contributed by atoms with Gasteiger partial charge in [0.05, 0.1) is 0 Å². The fraction of sp³-hybridized carbons (Fsp3) is 0. The molecule has 0 amide bonds. The third-order valence-corrected chi connectivity index (χ3v) is 13.6. The molecule has 13 aromatic carbocycles. The lowest BCUT2D eigenvalue weighted by atomic mass is 9.83. The molecule has 0 aliphatic rings. The number of benzene rings is 13. The summed E-state index contributed by atoms with van der Waals surface area (Å²) in [7, 11) is 0. The Morgan fingerprint density at radius 3 is 0.844 bits per heavy atom. The molecule has 0 aliphatic carbocycles. The second kappa shape index (κ2) is 14.7. The van der Waals surface area contributed by atoms with E-state index in [1.807, 2.05) is 0 Å². The van der Waals surface area contributed by atoms with E-state index in [9.17, 15) is 0 Å². The van der Waals surface area contributed by atoms with Gasteiger partial charge in [0.1, 0.15) is 0 Å². The molecular formula is C64H40. The van der Waals surface area contributed by atoms with Crippen molar-refractivity contribution in [3.05, 3.63) is 243 Å². The Balaban J connectivity index is 0.972. The molecule has 13 aromatic rings. The molecule has 0 atom stereocenters. The van der Waals surface area contributed by atoms with E-state index in [1.54, 1.807) is 0 Å². The predicted octanol–water partition coefficient (Wildman–Crippen LogP) is 18.1. The molecule has 64 heavy (non-hydrogen) atoms. The molecule has 0 bridgehead atoms. The quantitative estimate of drug-likeness (QED) is 0.152. The van der Waals surface area contributed by atoms with Crippen LogP contribution in [0.1, 0.15) is 0 Å². The van der Waals surface area contributed by atoms with Gasteiger partial charge in [0.25, 0.3) is 0 Å². The van der Waals surface area contributed by atoms with Crippen molar-refractivity contribution < 1.29 is 0 Å². The van der Waals surface area contributed by atoms with Gasteiger partial charge in [0.15, 0.2) is 0 Å². The Bertz CT molecular complexity index is 3880. The summed E-state index contributed by atoms with van der Waals surface area (Å²) in [6.07, 6.45) is 0. The van der Waals surface area contributed by atoms with Crippen LogP contribution in [0.4, 0.5) is 0 Å². The van der Waals surface area contributed by atoms with Crippen LogP contribution in [0.15, 0.2) is 243 Å². The minimum absolute atomic E-state index is 1.20. The molecule has 0 aromatic heterocycles. The van der Waals surface area contributed by atoms with Crippen LogP contribution in [-0.2, 0) is 0 Å². The minimum atomic E-state index is 1.20. The summed E-state index contributed by atoms with van der Waals surface area (Å²) in [6.45, 7) is 0. The van der Waals surface area contributed by atoms with Crippen molar-refractivity contribution in [1.82, 2.24) is 0 Å². The smallest absolute Gasteiger partial charge is 0.00201 e. The van der Waals surface area contributed by atoms with E-state index in [0.717, 1.165) is 0 Å². The maximum absolute atomic E-state index is 2.41. The van der Waals surface area contributed by atoms with E-state index < -0.39 is 0 Å². The van der Waals surface area contributed by atoms with Gasteiger partial charge < -0.3 is 0 Å². The highest BCUT2D eigenvalue weighted by atomic mass is 14.2. The zero-order chi connectivity index (χ0) is 42.1. The summed E-state index contributed by atoms with van der Waals surface area (Å²) in [5.41, 5.74) is 12.5. The van der Waals surface area contributed by atoms with Gasteiger partial charge in [-0.2, -0.15) is 0 Å². The third kappa shape index (κ3) is 5.63. The van der Waals surface area contributed by atoms with Gasteiger partial charge in [-0.3, -0.25) is 0 Å². The van der Waals surface area contributed by atoms with Crippen LogP contribution in [0.3, 0.4) is 0 Å². The predicted molar refractivity (Wildman–Crippen MR) is 276 cm³/mol. The molecule has 296 valence electrons. The van der Waals surface area contributed by atoms with Gasteiger partial charge in [-0.15, -0.1) is 0 Å². The van der Waals surface area contributed by atoms with E-state index in [-0.39, 0.29) is 0 Å². The lowest BCUT2D eigenvalue weighted by Crippen LogP contribution is -1.92. The summed E-state index contributed by atoms with van der Waals surface area (Å²) < 4.78 is 0. The van der Waals surface area contributed by atoms with Crippen molar-refractivity contribution in [1.29, 1.82) is 0 Å². The van der Waals surface area contributed by atoms with Crippen LogP contribution in [-0.4, -0.2) is 0 Å². The SMILES string of the molecule is c1ccc2c(-c3c4ccccc4c(-c4ccc(-c5ccc6cccc(-c7c8ccccc8c(-c8cccc9ccccc89)c8ccccc78)c6c5)cc4)c4ccccc34)cccc2c1. The highest BCUT2D eigenvalue weighted by Gasteiger charge is 2.21. The van der Waals surface area contributed by atoms with E-state index in [0.29, 0.717) is 0 Å². The van der Waals surface area contributed by atoms with Gasteiger partial charge >= 0.3 is 0 Å². The van der Waals surface area contributed by atoms with Gasteiger partial charge in [-0.1, -0.05) is 237 Å². The molecule has 0 heteroatoms. The largest absolute Gasteiger partial charge is 0.0616 e. The highest BCUT2D eigenvalue weighted by Crippen LogP contribution is 2.48. The zero-order valence-corrected chi connectivity index (χ0v) is 35.1. The Labute approximate surface area is 371 Å². The normalized spacial score (nSPS) is 11.8. The maximum atomic E-state index is 2.41. The second-order valence-corrected chi connectivity index (χ2v) is 17.1. The third-order valence-electron chi connectivity index (χ3n) is 13.6. The van der Waals surface area contributed by atoms with E-state index in [1.165, 1.54) is 131 Å². The first-order valence-corrected chi connectivity index (χ1v) is 22.3. The second-order valence-electron chi connectivity index (χ2n) is 17.1. The van der Waals surface area contributed by atoms with Crippen LogP contribution >= 0.6 is 0 Å². The summed E-state index contributed by atoms with van der Waals surface area (Å²) >= 11 is 0. The van der Waals surface area contributed by atoms with Crippen molar-refractivity contribution in [2.45, 2.75) is 0 Å². The zero-order valence-electron chi connectivity index (χ0n) is 35.1. The molecule has 0 heterocycles. The Hall–Kier alpha value is -8.32. The maximum Gasteiger partial charge on any atom is -0.00201 e. The topological polar surface area (TPSA) is 0 Å². The summed E-state index contributed by atoms with van der Waals surface area (Å²) in [6, 6.07) is 89.8. The van der Waals surface area contributed by atoms with Crippen LogP contribution in [0.25, 0.3) is 131 Å². The van der Waals surface area contributed by atoms with E-state index in [2.05, 4.69) is 243 Å². The lowest BCUT2D eigenvalue weighted by molar-refractivity contribution is 1.63. The molecule has 0 fully saturated rings.